The third-order valence-corrected chi connectivity index (χ3v) is 6.96. The molecule has 2 saturated heterocycles. The highest BCUT2D eigenvalue weighted by molar-refractivity contribution is 8.01. The third-order valence-electron chi connectivity index (χ3n) is 5.46. The number of ether oxygens (including phenoxy) is 2. The first-order valence-corrected chi connectivity index (χ1v) is 10.1. The summed E-state index contributed by atoms with van der Waals surface area (Å²) in [5.74, 6) is -0.234. The van der Waals surface area contributed by atoms with Crippen molar-refractivity contribution in [3.05, 3.63) is 23.0 Å². The van der Waals surface area contributed by atoms with Gasteiger partial charge in [-0.2, -0.15) is 0 Å². The average molecular weight is 394 g/mol. The van der Waals surface area contributed by atoms with E-state index in [0.29, 0.717) is 30.9 Å². The van der Waals surface area contributed by atoms with Gasteiger partial charge in [-0.1, -0.05) is 0 Å². The topological polar surface area (TPSA) is 77.8 Å². The lowest BCUT2D eigenvalue weighted by Crippen LogP contribution is -2.46. The van der Waals surface area contributed by atoms with Crippen molar-refractivity contribution in [3.8, 4) is 0 Å². The monoisotopic (exact) mass is 394 g/mol. The van der Waals surface area contributed by atoms with E-state index >= 15 is 0 Å². The zero-order chi connectivity index (χ0) is 19.8. The number of methoxy groups -OCH3 is 1. The fraction of sp³-hybridized carbons (Fsp3) is 0.632. The summed E-state index contributed by atoms with van der Waals surface area (Å²) in [5, 5.41) is 0. The van der Waals surface area contributed by atoms with Gasteiger partial charge in [-0.25, -0.2) is 4.79 Å². The molecule has 0 aromatic carbocycles. The second kappa shape index (κ2) is 7.67. The summed E-state index contributed by atoms with van der Waals surface area (Å²) in [5.41, 5.74) is 2.36. The van der Waals surface area contributed by atoms with Gasteiger partial charge in [0, 0.05) is 42.8 Å². The molecule has 7 nitrogen and oxygen atoms in total. The second-order valence-electron chi connectivity index (χ2n) is 7.23. The molecule has 0 aliphatic carbocycles. The number of carbonyl (C=O) groups excluding carboxylic acids is 3. The Balaban J connectivity index is 1.63. The molecule has 3 heterocycles. The molecule has 2 atom stereocenters. The van der Waals surface area contributed by atoms with Crippen LogP contribution in [0.4, 0.5) is 0 Å². The standard InChI is InChI=1S/C19H26N2O5S/c1-12-9-14(13(2)20(12)7-8-25-4)16(22)10-26-18(24)15-11-27-19(3)6-5-17(23)21(15)19/h9,15H,5-8,10-11H2,1-4H3/t15-,19+/m0/s1. The van der Waals surface area contributed by atoms with E-state index in [1.54, 1.807) is 23.8 Å². The Morgan fingerprint density at radius 1 is 1.37 bits per heavy atom. The van der Waals surface area contributed by atoms with Crippen molar-refractivity contribution < 1.29 is 23.9 Å². The number of thioether (sulfide) groups is 1. The Hall–Kier alpha value is -1.80. The van der Waals surface area contributed by atoms with Crippen LogP contribution >= 0.6 is 11.8 Å². The molecule has 0 radical (unpaired) electrons. The summed E-state index contributed by atoms with van der Waals surface area (Å²) in [7, 11) is 1.64. The SMILES string of the molecule is COCCn1c(C)cc(C(=O)COC(=O)[C@@H]2CS[C@]3(C)CCC(=O)N23)c1C. The first kappa shape index (κ1) is 19.9. The predicted molar refractivity (Wildman–Crippen MR) is 102 cm³/mol. The highest BCUT2D eigenvalue weighted by Gasteiger charge is 2.53. The maximum atomic E-state index is 12.6. The van der Waals surface area contributed by atoms with E-state index < -0.39 is 12.0 Å². The van der Waals surface area contributed by atoms with Crippen molar-refractivity contribution in [2.24, 2.45) is 0 Å². The van der Waals surface area contributed by atoms with Gasteiger partial charge in [-0.15, -0.1) is 11.8 Å². The fourth-order valence-electron chi connectivity index (χ4n) is 3.92. The van der Waals surface area contributed by atoms with E-state index in [1.807, 2.05) is 31.4 Å². The minimum absolute atomic E-state index is 0.0162. The number of hydrogen-bond acceptors (Lipinski definition) is 6. The van der Waals surface area contributed by atoms with Crippen molar-refractivity contribution >= 4 is 29.4 Å². The molecule has 2 aliphatic rings. The average Bonchev–Trinajstić information content (AvgIpc) is 3.23. The first-order chi connectivity index (χ1) is 12.8. The highest BCUT2D eigenvalue weighted by Crippen LogP contribution is 2.47. The van der Waals surface area contributed by atoms with Gasteiger partial charge in [0.15, 0.2) is 6.61 Å². The lowest BCUT2D eigenvalue weighted by molar-refractivity contribution is -0.152. The molecule has 1 aromatic heterocycles. The normalized spacial score (nSPS) is 24.4. The van der Waals surface area contributed by atoms with Crippen LogP contribution in [0.2, 0.25) is 0 Å². The summed E-state index contributed by atoms with van der Waals surface area (Å²) < 4.78 is 12.4. The number of Topliss-reactive ketones (excluding diaryl/α,β-unsaturated/α-hetero) is 1. The largest absolute Gasteiger partial charge is 0.456 e. The van der Waals surface area contributed by atoms with Gasteiger partial charge >= 0.3 is 5.97 Å². The van der Waals surface area contributed by atoms with E-state index in [-0.39, 0.29) is 23.2 Å². The molecule has 0 N–H and O–H groups in total. The summed E-state index contributed by atoms with van der Waals surface area (Å²) in [6.07, 6.45) is 1.20. The number of rotatable bonds is 7. The number of ketones is 1. The second-order valence-corrected chi connectivity index (χ2v) is 8.73. The molecule has 0 unspecified atom stereocenters. The molecular formula is C19H26N2O5S. The molecule has 3 rings (SSSR count). The van der Waals surface area contributed by atoms with Crippen molar-refractivity contribution in [1.82, 2.24) is 9.47 Å². The zero-order valence-corrected chi connectivity index (χ0v) is 17.1. The van der Waals surface area contributed by atoms with Crippen molar-refractivity contribution in [2.75, 3.05) is 26.1 Å². The van der Waals surface area contributed by atoms with Gasteiger partial charge in [0.1, 0.15) is 6.04 Å². The third kappa shape index (κ3) is 3.65. The van der Waals surface area contributed by atoms with Gasteiger partial charge in [0.25, 0.3) is 0 Å². The molecule has 8 heteroatoms. The Bertz CT molecular complexity index is 774. The van der Waals surface area contributed by atoms with Crippen LogP contribution in [0.1, 0.15) is 41.5 Å². The van der Waals surface area contributed by atoms with E-state index in [0.717, 1.165) is 17.8 Å². The lowest BCUT2D eigenvalue weighted by Gasteiger charge is -2.29. The van der Waals surface area contributed by atoms with Gasteiger partial charge in [0.05, 0.1) is 11.5 Å². The van der Waals surface area contributed by atoms with Crippen molar-refractivity contribution in [1.29, 1.82) is 0 Å². The molecule has 1 amide bonds. The minimum Gasteiger partial charge on any atom is -0.456 e. The van der Waals surface area contributed by atoms with Crippen LogP contribution in [-0.4, -0.2) is 64.1 Å². The van der Waals surface area contributed by atoms with E-state index in [4.69, 9.17) is 9.47 Å². The fourth-order valence-corrected chi connectivity index (χ4v) is 5.33. The Morgan fingerprint density at radius 3 is 2.81 bits per heavy atom. The molecule has 2 fully saturated rings. The van der Waals surface area contributed by atoms with Crippen LogP contribution < -0.4 is 0 Å². The van der Waals surface area contributed by atoms with Crippen LogP contribution in [0.3, 0.4) is 0 Å². The van der Waals surface area contributed by atoms with Crippen LogP contribution in [0.5, 0.6) is 0 Å². The van der Waals surface area contributed by atoms with Gasteiger partial charge in [-0.3, -0.25) is 9.59 Å². The Labute approximate surface area is 163 Å². The van der Waals surface area contributed by atoms with Crippen LogP contribution in [-0.2, 0) is 25.6 Å². The van der Waals surface area contributed by atoms with E-state index in [1.165, 1.54) is 0 Å². The quantitative estimate of drug-likeness (QED) is 0.519. The molecule has 0 spiro atoms. The number of hydrogen-bond donors (Lipinski definition) is 0. The van der Waals surface area contributed by atoms with Gasteiger partial charge < -0.3 is 18.9 Å². The van der Waals surface area contributed by atoms with Gasteiger partial charge in [-0.05, 0) is 33.3 Å². The van der Waals surface area contributed by atoms with E-state index in [9.17, 15) is 14.4 Å². The summed E-state index contributed by atoms with van der Waals surface area (Å²) in [6, 6.07) is 1.21. The van der Waals surface area contributed by atoms with Gasteiger partial charge in [0.2, 0.25) is 11.7 Å². The predicted octanol–water partition coefficient (Wildman–Crippen LogP) is 1.93. The maximum Gasteiger partial charge on any atom is 0.330 e. The number of fused-ring (bicyclic) bond motifs is 1. The maximum absolute atomic E-state index is 12.6. The lowest BCUT2D eigenvalue weighted by atomic mass is 10.1. The number of amides is 1. The Kier molecular flexibility index (Phi) is 5.67. The summed E-state index contributed by atoms with van der Waals surface area (Å²) in [4.78, 5) is 38.5. The molecule has 27 heavy (non-hydrogen) atoms. The summed E-state index contributed by atoms with van der Waals surface area (Å²) >= 11 is 1.61. The zero-order valence-electron chi connectivity index (χ0n) is 16.2. The number of aryl methyl sites for hydroxylation is 1. The highest BCUT2D eigenvalue weighted by atomic mass is 32.2. The number of carbonyl (C=O) groups is 3. The molecule has 148 valence electrons. The molecule has 1 aromatic rings. The van der Waals surface area contributed by atoms with Crippen LogP contribution in [0.25, 0.3) is 0 Å². The molecule has 0 saturated carbocycles. The molecule has 0 bridgehead atoms. The number of esters is 1. The van der Waals surface area contributed by atoms with Crippen molar-refractivity contribution in [3.63, 3.8) is 0 Å². The minimum atomic E-state index is -0.600. The van der Waals surface area contributed by atoms with Crippen LogP contribution in [0.15, 0.2) is 6.07 Å². The smallest absolute Gasteiger partial charge is 0.330 e. The van der Waals surface area contributed by atoms with Crippen molar-refractivity contribution in [2.45, 2.75) is 51.1 Å². The van der Waals surface area contributed by atoms with Crippen LogP contribution in [0, 0.1) is 13.8 Å². The number of aromatic nitrogens is 1. The Morgan fingerprint density at radius 2 is 2.11 bits per heavy atom. The first-order valence-electron chi connectivity index (χ1n) is 9.10. The van der Waals surface area contributed by atoms with E-state index in [2.05, 4.69) is 0 Å². The molecule has 2 aliphatic heterocycles. The molecular weight excluding hydrogens is 368 g/mol. The summed E-state index contributed by atoms with van der Waals surface area (Å²) in [6.45, 7) is 6.70. The number of nitrogens with zero attached hydrogens (tertiary/aromatic N) is 2.